The number of rotatable bonds is 5. The average Bonchev–Trinajstić information content (AvgIpc) is 3.24. The highest BCUT2D eigenvalue weighted by Crippen LogP contribution is 2.63. The number of hydrogen-bond donors (Lipinski definition) is 1. The largest absolute Gasteiger partial charge is 0.274 e. The molecule has 6 nitrogen and oxygen atoms in total. The molecule has 0 spiro atoms. The number of anilines is 1. The summed E-state index contributed by atoms with van der Waals surface area (Å²) >= 11 is 6.50. The van der Waals surface area contributed by atoms with E-state index in [9.17, 15) is 14.4 Å². The van der Waals surface area contributed by atoms with Crippen molar-refractivity contribution in [3.63, 3.8) is 0 Å². The van der Waals surface area contributed by atoms with E-state index in [0.29, 0.717) is 10.7 Å². The summed E-state index contributed by atoms with van der Waals surface area (Å²) in [5.41, 5.74) is 6.69. The summed E-state index contributed by atoms with van der Waals surface area (Å²) in [5.74, 6) is -2.54. The van der Waals surface area contributed by atoms with Crippen molar-refractivity contribution in [3.8, 4) is 0 Å². The average molecular weight is 546 g/mol. The van der Waals surface area contributed by atoms with Crippen molar-refractivity contribution >= 4 is 41.2 Å². The van der Waals surface area contributed by atoms with E-state index in [4.69, 9.17) is 11.6 Å². The molecule has 8 rings (SSSR count). The van der Waals surface area contributed by atoms with E-state index in [1.165, 1.54) is 4.90 Å². The van der Waals surface area contributed by atoms with Crippen LogP contribution in [0.3, 0.4) is 0 Å². The molecule has 1 heterocycles. The number of halogens is 1. The Morgan fingerprint density at radius 2 is 1.43 bits per heavy atom. The third kappa shape index (κ3) is 3.42. The lowest BCUT2D eigenvalue weighted by Gasteiger charge is -2.52. The quantitative estimate of drug-likeness (QED) is 0.212. The SMILES string of the molecule is O=C(Cc1ccccc1)N/N=C\C12c3ccccc3C(c3ccccc31)[C@@H]1C(=O)N(c3ccccc3Cl)C(=O)[C@@H]12. The first-order valence-electron chi connectivity index (χ1n) is 13.2. The van der Waals surface area contributed by atoms with Crippen molar-refractivity contribution in [1.29, 1.82) is 0 Å². The van der Waals surface area contributed by atoms with Crippen molar-refractivity contribution in [2.75, 3.05) is 4.90 Å². The third-order valence-electron chi connectivity index (χ3n) is 8.44. The smallest absolute Gasteiger partial charge is 0.244 e. The molecule has 1 aliphatic heterocycles. The number of hydrazone groups is 1. The first-order chi connectivity index (χ1) is 19.5. The summed E-state index contributed by atoms with van der Waals surface area (Å²) in [6.45, 7) is 0. The molecule has 0 unspecified atom stereocenters. The number of nitrogens with one attached hydrogen (secondary N) is 1. The summed E-state index contributed by atoms with van der Waals surface area (Å²) in [7, 11) is 0. The Kier molecular flexibility index (Phi) is 5.68. The van der Waals surface area contributed by atoms with E-state index < -0.39 is 17.3 Å². The molecule has 7 heteroatoms. The summed E-state index contributed by atoms with van der Waals surface area (Å²) in [6, 6.07) is 32.2. The van der Waals surface area contributed by atoms with Gasteiger partial charge in [0.05, 0.1) is 34.4 Å². The number of para-hydroxylation sites is 1. The molecular weight excluding hydrogens is 522 g/mol. The van der Waals surface area contributed by atoms with Gasteiger partial charge in [-0.15, -0.1) is 0 Å². The lowest BCUT2D eigenvalue weighted by atomic mass is 9.47. The summed E-state index contributed by atoms with van der Waals surface area (Å²) in [4.78, 5) is 42.6. The second kappa shape index (κ2) is 9.28. The first kappa shape index (κ1) is 24.5. The fourth-order valence-electron chi connectivity index (χ4n) is 6.95. The summed E-state index contributed by atoms with van der Waals surface area (Å²) < 4.78 is 0. The van der Waals surface area contributed by atoms with Crippen molar-refractivity contribution in [3.05, 3.63) is 136 Å². The zero-order chi connectivity index (χ0) is 27.4. The molecule has 0 radical (unpaired) electrons. The van der Waals surface area contributed by atoms with E-state index in [1.54, 1.807) is 30.5 Å². The van der Waals surface area contributed by atoms with Crippen LogP contribution in [0.2, 0.25) is 5.02 Å². The minimum absolute atomic E-state index is 0.171. The molecule has 3 aliphatic carbocycles. The monoisotopic (exact) mass is 545 g/mol. The highest BCUT2D eigenvalue weighted by atomic mass is 35.5. The van der Waals surface area contributed by atoms with Crippen molar-refractivity contribution in [1.82, 2.24) is 5.43 Å². The predicted octanol–water partition coefficient (Wildman–Crippen LogP) is 5.24. The minimum atomic E-state index is -1.06. The Bertz CT molecular complexity index is 1670. The van der Waals surface area contributed by atoms with Crippen LogP contribution in [0.1, 0.15) is 33.7 Å². The number of imide groups is 1. The van der Waals surface area contributed by atoms with Gasteiger partial charge in [-0.3, -0.25) is 14.4 Å². The predicted molar refractivity (Wildman–Crippen MR) is 153 cm³/mol. The molecule has 196 valence electrons. The summed E-state index contributed by atoms with van der Waals surface area (Å²) in [5, 5.41) is 4.79. The molecule has 4 aromatic rings. The molecule has 2 atom stereocenters. The molecule has 1 N–H and O–H groups in total. The van der Waals surface area contributed by atoms with Gasteiger partial charge in [-0.05, 0) is 39.9 Å². The number of benzene rings is 4. The van der Waals surface area contributed by atoms with Crippen LogP contribution in [0.5, 0.6) is 0 Å². The maximum absolute atomic E-state index is 14.4. The van der Waals surface area contributed by atoms with Crippen molar-refractivity contribution < 1.29 is 14.4 Å². The van der Waals surface area contributed by atoms with Crippen LogP contribution >= 0.6 is 11.6 Å². The molecule has 2 bridgehead atoms. The second-order valence-corrected chi connectivity index (χ2v) is 10.9. The lowest BCUT2D eigenvalue weighted by molar-refractivity contribution is -0.123. The van der Waals surface area contributed by atoms with Gasteiger partial charge >= 0.3 is 0 Å². The fraction of sp³-hybridized carbons (Fsp3) is 0.152. The number of carbonyl (C=O) groups excluding carboxylic acids is 3. The Hall–Kier alpha value is -4.55. The minimum Gasteiger partial charge on any atom is -0.274 e. The lowest BCUT2D eigenvalue weighted by Crippen LogP contribution is -2.54. The van der Waals surface area contributed by atoms with Crippen LogP contribution in [0.25, 0.3) is 0 Å². The van der Waals surface area contributed by atoms with Crippen LogP contribution in [0, 0.1) is 11.8 Å². The Morgan fingerprint density at radius 1 is 0.825 bits per heavy atom. The molecule has 4 aliphatic rings. The van der Waals surface area contributed by atoms with Gasteiger partial charge in [0.15, 0.2) is 0 Å². The molecule has 3 amide bonds. The molecule has 1 fully saturated rings. The number of nitrogens with zero attached hydrogens (tertiary/aromatic N) is 2. The highest BCUT2D eigenvalue weighted by molar-refractivity contribution is 6.36. The Balaban J connectivity index is 1.37. The van der Waals surface area contributed by atoms with Gasteiger partial charge in [-0.1, -0.05) is 103 Å². The van der Waals surface area contributed by atoms with E-state index in [-0.39, 0.29) is 30.1 Å². The maximum atomic E-state index is 14.4. The molecule has 0 saturated carbocycles. The van der Waals surface area contributed by atoms with E-state index in [0.717, 1.165) is 27.8 Å². The van der Waals surface area contributed by atoms with Crippen LogP contribution in [-0.2, 0) is 26.2 Å². The van der Waals surface area contributed by atoms with E-state index in [1.807, 2.05) is 78.9 Å². The normalized spacial score (nSPS) is 24.1. The van der Waals surface area contributed by atoms with Crippen LogP contribution in [0.4, 0.5) is 5.69 Å². The number of carbonyl (C=O) groups is 3. The van der Waals surface area contributed by atoms with Gasteiger partial charge in [0.25, 0.3) is 0 Å². The first-order valence-corrected chi connectivity index (χ1v) is 13.6. The second-order valence-electron chi connectivity index (χ2n) is 10.4. The van der Waals surface area contributed by atoms with Gasteiger partial charge in [0, 0.05) is 12.1 Å². The van der Waals surface area contributed by atoms with Crippen molar-refractivity contribution in [2.24, 2.45) is 16.9 Å². The van der Waals surface area contributed by atoms with Gasteiger partial charge in [0.2, 0.25) is 17.7 Å². The highest BCUT2D eigenvalue weighted by Gasteiger charge is 2.68. The van der Waals surface area contributed by atoms with Gasteiger partial charge in [-0.2, -0.15) is 5.10 Å². The molecule has 1 saturated heterocycles. The molecule has 4 aromatic carbocycles. The summed E-state index contributed by atoms with van der Waals surface area (Å²) in [6.07, 6.45) is 1.84. The third-order valence-corrected chi connectivity index (χ3v) is 8.76. The van der Waals surface area contributed by atoms with E-state index in [2.05, 4.69) is 10.5 Å². The van der Waals surface area contributed by atoms with Crippen molar-refractivity contribution in [2.45, 2.75) is 17.8 Å². The van der Waals surface area contributed by atoms with Crippen LogP contribution < -0.4 is 10.3 Å². The number of hydrogen-bond acceptors (Lipinski definition) is 4. The van der Waals surface area contributed by atoms with Crippen LogP contribution in [-0.4, -0.2) is 23.9 Å². The zero-order valence-electron chi connectivity index (χ0n) is 21.3. The molecular formula is C33H24ClN3O3. The number of amides is 3. The van der Waals surface area contributed by atoms with Gasteiger partial charge in [-0.25, -0.2) is 10.3 Å². The topological polar surface area (TPSA) is 78.8 Å². The molecule has 40 heavy (non-hydrogen) atoms. The van der Waals surface area contributed by atoms with Gasteiger partial charge < -0.3 is 0 Å². The Labute approximate surface area is 236 Å². The molecule has 0 aromatic heterocycles. The van der Waals surface area contributed by atoms with E-state index >= 15 is 0 Å². The maximum Gasteiger partial charge on any atom is 0.244 e. The zero-order valence-corrected chi connectivity index (χ0v) is 22.1. The van der Waals surface area contributed by atoms with Crippen LogP contribution in [0.15, 0.2) is 108 Å². The van der Waals surface area contributed by atoms with Gasteiger partial charge in [0.1, 0.15) is 0 Å². The standard InChI is InChI=1S/C33H24ClN3O3/c34-25-16-8-9-17-26(25)37-31(39)29-28-21-12-4-6-14-23(21)33(30(29)32(37)40,24-15-7-5-13-22(24)28)19-35-36-27(38)18-20-10-2-1-3-11-20/h1-17,19,28-30H,18H2,(H,36,38)/b35-19-/t28?,29-,30+,33?/m0/s1. The Morgan fingerprint density at radius 3 is 2.10 bits per heavy atom. The fourth-order valence-corrected chi connectivity index (χ4v) is 7.17.